The number of thioether (sulfide) groups is 1. The van der Waals surface area contributed by atoms with Crippen molar-refractivity contribution in [1.29, 1.82) is 0 Å². The molecular weight excluding hydrogens is 440 g/mol. The lowest BCUT2D eigenvalue weighted by atomic mass is 9.91. The van der Waals surface area contributed by atoms with Gasteiger partial charge in [0.1, 0.15) is 0 Å². The van der Waals surface area contributed by atoms with Crippen molar-refractivity contribution in [3.8, 4) is 0 Å². The number of hydrogen-bond donors (Lipinski definition) is 2. The van der Waals surface area contributed by atoms with Crippen molar-refractivity contribution >= 4 is 39.7 Å². The fourth-order valence-electron chi connectivity index (χ4n) is 3.07. The van der Waals surface area contributed by atoms with Crippen molar-refractivity contribution in [2.75, 3.05) is 12.9 Å². The normalized spacial score (nSPS) is 16.4. The van der Waals surface area contributed by atoms with E-state index in [0.29, 0.717) is 17.0 Å². The molecule has 5 nitrogen and oxygen atoms in total. The fourth-order valence-corrected chi connectivity index (χ4v) is 4.20. The molecule has 7 heteroatoms. The zero-order valence-corrected chi connectivity index (χ0v) is 18.2. The van der Waals surface area contributed by atoms with Crippen LogP contribution in [0.5, 0.6) is 0 Å². The summed E-state index contributed by atoms with van der Waals surface area (Å²) in [5.41, 5.74) is 3.94. The predicted octanol–water partition coefficient (Wildman–Crippen LogP) is 4.64. The topological polar surface area (TPSA) is 67.4 Å². The first-order chi connectivity index (χ1) is 13.4. The second kappa shape index (κ2) is 8.84. The summed E-state index contributed by atoms with van der Waals surface area (Å²) in [4.78, 5) is 26.0. The van der Waals surface area contributed by atoms with E-state index in [2.05, 4.69) is 26.6 Å². The summed E-state index contributed by atoms with van der Waals surface area (Å²) >= 11 is 4.97. The molecule has 2 amide bonds. The molecule has 3 rings (SSSR count). The molecule has 1 atom stereocenters. The van der Waals surface area contributed by atoms with Crippen LogP contribution in [0.4, 0.5) is 4.79 Å². The minimum atomic E-state index is -0.554. The minimum absolute atomic E-state index is 0.329. The molecule has 28 heavy (non-hydrogen) atoms. The van der Waals surface area contributed by atoms with E-state index in [0.717, 1.165) is 26.1 Å². The standard InChI is InChI=1S/C21H21BrN2O3S/c1-12-4-5-13(2)16(10-12)19-18(20(25)27-3)17(23-21(26)24-19)11-28-15-8-6-14(22)7-9-15/h4-10,19H,11H2,1-3H3,(H2,23,24,26). The Hall–Kier alpha value is -2.25. The van der Waals surface area contributed by atoms with E-state index >= 15 is 0 Å². The number of urea groups is 1. The van der Waals surface area contributed by atoms with Crippen LogP contribution in [0.1, 0.15) is 22.7 Å². The summed E-state index contributed by atoms with van der Waals surface area (Å²) in [6, 6.07) is 13.0. The minimum Gasteiger partial charge on any atom is -0.466 e. The first kappa shape index (κ1) is 20.5. The number of esters is 1. The second-order valence-electron chi connectivity index (χ2n) is 6.52. The van der Waals surface area contributed by atoms with Crippen molar-refractivity contribution in [3.63, 3.8) is 0 Å². The van der Waals surface area contributed by atoms with E-state index in [1.54, 1.807) is 11.8 Å². The zero-order chi connectivity index (χ0) is 20.3. The number of aryl methyl sites for hydroxylation is 2. The van der Waals surface area contributed by atoms with E-state index < -0.39 is 12.0 Å². The molecule has 2 aromatic carbocycles. The summed E-state index contributed by atoms with van der Waals surface area (Å²) in [5.74, 6) is -0.00859. The maximum atomic E-state index is 12.6. The maximum Gasteiger partial charge on any atom is 0.338 e. The largest absolute Gasteiger partial charge is 0.466 e. The van der Waals surface area contributed by atoms with Gasteiger partial charge in [-0.25, -0.2) is 9.59 Å². The highest BCUT2D eigenvalue weighted by atomic mass is 79.9. The van der Waals surface area contributed by atoms with Crippen LogP contribution >= 0.6 is 27.7 Å². The van der Waals surface area contributed by atoms with Crippen LogP contribution < -0.4 is 10.6 Å². The molecule has 0 bridgehead atoms. The molecule has 0 radical (unpaired) electrons. The third-order valence-corrected chi connectivity index (χ3v) is 6.07. The van der Waals surface area contributed by atoms with Gasteiger partial charge in [-0.2, -0.15) is 0 Å². The van der Waals surface area contributed by atoms with Crippen LogP contribution in [0.2, 0.25) is 0 Å². The average Bonchev–Trinajstić information content (AvgIpc) is 2.68. The lowest BCUT2D eigenvalue weighted by Gasteiger charge is -2.30. The number of ether oxygens (including phenoxy) is 1. The van der Waals surface area contributed by atoms with Gasteiger partial charge in [0.25, 0.3) is 0 Å². The number of hydrogen-bond acceptors (Lipinski definition) is 4. The fraction of sp³-hybridized carbons (Fsp3) is 0.238. The van der Waals surface area contributed by atoms with Gasteiger partial charge in [-0.05, 0) is 49.2 Å². The lowest BCUT2D eigenvalue weighted by Crippen LogP contribution is -2.46. The van der Waals surface area contributed by atoms with Crippen molar-refractivity contribution < 1.29 is 14.3 Å². The van der Waals surface area contributed by atoms with Crippen LogP contribution in [0, 0.1) is 13.8 Å². The number of halogens is 1. The maximum absolute atomic E-state index is 12.6. The van der Waals surface area contributed by atoms with Gasteiger partial charge in [-0.3, -0.25) is 0 Å². The van der Waals surface area contributed by atoms with Crippen molar-refractivity contribution in [2.24, 2.45) is 0 Å². The molecule has 1 unspecified atom stereocenters. The van der Waals surface area contributed by atoms with E-state index in [1.807, 2.05) is 56.3 Å². The van der Waals surface area contributed by atoms with E-state index in [4.69, 9.17) is 4.74 Å². The van der Waals surface area contributed by atoms with Crippen LogP contribution in [-0.4, -0.2) is 24.9 Å². The summed E-state index contributed by atoms with van der Waals surface area (Å²) in [7, 11) is 1.35. The van der Waals surface area contributed by atoms with Crippen molar-refractivity contribution in [2.45, 2.75) is 24.8 Å². The van der Waals surface area contributed by atoms with Gasteiger partial charge in [-0.1, -0.05) is 39.7 Å². The molecule has 0 saturated carbocycles. The van der Waals surface area contributed by atoms with Gasteiger partial charge in [0.2, 0.25) is 0 Å². The van der Waals surface area contributed by atoms with Crippen molar-refractivity contribution in [1.82, 2.24) is 10.6 Å². The lowest BCUT2D eigenvalue weighted by molar-refractivity contribution is -0.136. The quantitative estimate of drug-likeness (QED) is 0.503. The van der Waals surface area contributed by atoms with Crippen LogP contribution in [0.15, 0.2) is 63.1 Å². The van der Waals surface area contributed by atoms with Gasteiger partial charge in [0.15, 0.2) is 0 Å². The molecule has 1 heterocycles. The Labute approximate surface area is 177 Å². The molecule has 0 fully saturated rings. The molecule has 0 saturated heterocycles. The van der Waals surface area contributed by atoms with Gasteiger partial charge < -0.3 is 15.4 Å². The number of benzene rings is 2. The molecule has 1 aliphatic rings. The highest BCUT2D eigenvalue weighted by Gasteiger charge is 2.34. The first-order valence-electron chi connectivity index (χ1n) is 8.73. The van der Waals surface area contributed by atoms with Crippen LogP contribution in [0.3, 0.4) is 0 Å². The Morgan fingerprint density at radius 1 is 1.18 bits per heavy atom. The van der Waals surface area contributed by atoms with Gasteiger partial charge in [-0.15, -0.1) is 11.8 Å². The van der Waals surface area contributed by atoms with E-state index in [-0.39, 0.29) is 6.03 Å². The van der Waals surface area contributed by atoms with Gasteiger partial charge in [0, 0.05) is 20.8 Å². The third kappa shape index (κ3) is 4.59. The van der Waals surface area contributed by atoms with Gasteiger partial charge in [0.05, 0.1) is 18.7 Å². The molecule has 0 aromatic heterocycles. The molecule has 0 aliphatic carbocycles. The monoisotopic (exact) mass is 460 g/mol. The number of methoxy groups -OCH3 is 1. The summed E-state index contributed by atoms with van der Waals surface area (Å²) in [6.45, 7) is 3.95. The molecule has 146 valence electrons. The van der Waals surface area contributed by atoms with Crippen LogP contribution in [-0.2, 0) is 9.53 Å². The third-order valence-electron chi connectivity index (χ3n) is 4.50. The highest BCUT2D eigenvalue weighted by molar-refractivity contribution is 9.10. The Bertz CT molecular complexity index is 941. The summed E-state index contributed by atoms with van der Waals surface area (Å²) in [6.07, 6.45) is 0. The first-order valence-corrected chi connectivity index (χ1v) is 10.5. The van der Waals surface area contributed by atoms with Crippen LogP contribution in [0.25, 0.3) is 0 Å². The Morgan fingerprint density at radius 2 is 1.89 bits per heavy atom. The number of nitrogens with one attached hydrogen (secondary N) is 2. The summed E-state index contributed by atoms with van der Waals surface area (Å²) < 4.78 is 6.04. The predicted molar refractivity (Wildman–Crippen MR) is 114 cm³/mol. The second-order valence-corrected chi connectivity index (χ2v) is 8.48. The number of carbonyl (C=O) groups excluding carboxylic acids is 2. The number of carbonyl (C=O) groups is 2. The zero-order valence-electron chi connectivity index (χ0n) is 15.8. The van der Waals surface area contributed by atoms with Gasteiger partial charge >= 0.3 is 12.0 Å². The molecule has 2 aromatic rings. The SMILES string of the molecule is COC(=O)C1=C(CSc2ccc(Br)cc2)NC(=O)NC1c1cc(C)ccc1C. The molecule has 2 N–H and O–H groups in total. The summed E-state index contributed by atoms with van der Waals surface area (Å²) in [5, 5.41) is 5.67. The molecular formula is C21H21BrN2O3S. The van der Waals surface area contributed by atoms with Crippen molar-refractivity contribution in [3.05, 3.63) is 74.9 Å². The number of amides is 2. The molecule has 0 spiro atoms. The Balaban J connectivity index is 2.00. The van der Waals surface area contributed by atoms with E-state index in [9.17, 15) is 9.59 Å². The Kier molecular flexibility index (Phi) is 6.46. The number of rotatable bonds is 5. The average molecular weight is 461 g/mol. The Morgan fingerprint density at radius 3 is 2.57 bits per heavy atom. The smallest absolute Gasteiger partial charge is 0.338 e. The highest BCUT2D eigenvalue weighted by Crippen LogP contribution is 2.32. The van der Waals surface area contributed by atoms with E-state index in [1.165, 1.54) is 7.11 Å². The molecule has 1 aliphatic heterocycles.